The van der Waals surface area contributed by atoms with Gasteiger partial charge in [-0.05, 0) is 18.6 Å². The Labute approximate surface area is 143 Å². The van der Waals surface area contributed by atoms with Gasteiger partial charge in [0, 0.05) is 31.8 Å². The number of Topliss-reactive ketones (excluding diaryl/α,β-unsaturated/α-hetero) is 1. The summed E-state index contributed by atoms with van der Waals surface area (Å²) in [4.78, 5) is 24.9. The monoisotopic (exact) mass is 352 g/mol. The van der Waals surface area contributed by atoms with E-state index in [1.807, 2.05) is 30.7 Å². The van der Waals surface area contributed by atoms with E-state index in [0.717, 1.165) is 33.6 Å². The zero-order chi connectivity index (χ0) is 16.8. The fourth-order valence-corrected chi connectivity index (χ4v) is 3.85. The fraction of sp³-hybridized carbons (Fsp3) is 0.467. The lowest BCUT2D eigenvalue weighted by molar-refractivity contribution is -0.118. The van der Waals surface area contributed by atoms with Crippen molar-refractivity contribution in [3.05, 3.63) is 27.7 Å². The van der Waals surface area contributed by atoms with Crippen molar-refractivity contribution >= 4 is 34.8 Å². The number of ketones is 1. The number of thioether (sulfide) groups is 1. The minimum atomic E-state index is -0.0376. The number of carbonyl (C=O) groups excluding carboxylic acids is 2. The lowest BCUT2D eigenvalue weighted by atomic mass is 10.3. The Kier molecular flexibility index (Phi) is 6.35. The highest BCUT2D eigenvalue weighted by Crippen LogP contribution is 2.22. The molecule has 0 spiro atoms. The minimum absolute atomic E-state index is 0.0376. The van der Waals surface area contributed by atoms with Gasteiger partial charge >= 0.3 is 0 Å². The first kappa shape index (κ1) is 17.7. The Morgan fingerprint density at radius 1 is 1.35 bits per heavy atom. The maximum atomic E-state index is 12.3. The van der Waals surface area contributed by atoms with Gasteiger partial charge in [0.2, 0.25) is 5.91 Å². The van der Waals surface area contributed by atoms with E-state index < -0.39 is 0 Å². The van der Waals surface area contributed by atoms with Gasteiger partial charge in [0.15, 0.2) is 10.9 Å². The summed E-state index contributed by atoms with van der Waals surface area (Å²) in [5.74, 6) is 1.31. The van der Waals surface area contributed by atoms with Crippen molar-refractivity contribution in [2.75, 3.05) is 12.3 Å². The van der Waals surface area contributed by atoms with E-state index in [4.69, 9.17) is 0 Å². The van der Waals surface area contributed by atoms with Crippen molar-refractivity contribution in [1.29, 1.82) is 0 Å². The molecule has 124 valence electrons. The number of nitrogens with one attached hydrogen (secondary N) is 1. The van der Waals surface area contributed by atoms with Gasteiger partial charge in [-0.3, -0.25) is 9.59 Å². The molecule has 2 rings (SSSR count). The van der Waals surface area contributed by atoms with Crippen LogP contribution in [0.4, 0.5) is 0 Å². The molecule has 8 heteroatoms. The summed E-state index contributed by atoms with van der Waals surface area (Å²) < 4.78 is 1.92. The molecule has 0 fully saturated rings. The third-order valence-electron chi connectivity index (χ3n) is 3.26. The van der Waals surface area contributed by atoms with E-state index in [1.54, 1.807) is 0 Å². The van der Waals surface area contributed by atoms with E-state index in [9.17, 15) is 9.59 Å². The summed E-state index contributed by atoms with van der Waals surface area (Å²) in [5, 5.41) is 11.7. The quantitative estimate of drug-likeness (QED) is 0.581. The highest BCUT2D eigenvalue weighted by atomic mass is 32.2. The van der Waals surface area contributed by atoms with Gasteiger partial charge in [0.25, 0.3) is 0 Å². The molecule has 0 aromatic carbocycles. The minimum Gasteiger partial charge on any atom is -0.356 e. The van der Waals surface area contributed by atoms with Crippen LogP contribution in [0.15, 0.2) is 17.3 Å². The molecule has 0 aliphatic rings. The molecule has 0 unspecified atom stereocenters. The van der Waals surface area contributed by atoms with Gasteiger partial charge in [-0.2, -0.15) is 0 Å². The number of rotatable bonds is 8. The molecule has 1 amide bonds. The van der Waals surface area contributed by atoms with Gasteiger partial charge in [-0.15, -0.1) is 21.5 Å². The Hall–Kier alpha value is -1.67. The predicted molar refractivity (Wildman–Crippen MR) is 92.1 cm³/mol. The van der Waals surface area contributed by atoms with Crippen LogP contribution in [0.25, 0.3) is 0 Å². The second-order valence-corrected chi connectivity index (χ2v) is 7.13. The third-order valence-corrected chi connectivity index (χ3v) is 5.46. The van der Waals surface area contributed by atoms with Crippen LogP contribution >= 0.6 is 23.1 Å². The number of hydrogen-bond donors (Lipinski definition) is 1. The Balaban J connectivity index is 1.87. The second-order valence-electron chi connectivity index (χ2n) is 5.02. The van der Waals surface area contributed by atoms with Crippen LogP contribution in [0.5, 0.6) is 0 Å². The lowest BCUT2D eigenvalue weighted by Gasteiger charge is -2.01. The molecule has 2 aromatic heterocycles. The first-order chi connectivity index (χ1) is 11.0. The van der Waals surface area contributed by atoms with E-state index in [0.29, 0.717) is 12.3 Å². The van der Waals surface area contributed by atoms with Crippen molar-refractivity contribution in [1.82, 2.24) is 20.1 Å². The molecule has 2 aromatic rings. The lowest BCUT2D eigenvalue weighted by Crippen LogP contribution is -2.22. The van der Waals surface area contributed by atoms with Gasteiger partial charge in [-0.25, -0.2) is 0 Å². The average molecular weight is 352 g/mol. The molecular formula is C15H20N4O2S2. The van der Waals surface area contributed by atoms with E-state index in [-0.39, 0.29) is 11.7 Å². The maximum Gasteiger partial charge on any atom is 0.216 e. The SMILES string of the molecule is CCc1nnc(SCC(=O)c2ccc(CCNC(C)=O)s2)n1C. The standard InChI is InChI=1S/C15H20N4O2S2/c1-4-14-17-18-15(19(14)3)22-9-12(21)13-6-5-11(23-13)7-8-16-10(2)20/h5-6H,4,7-9H2,1-3H3,(H,16,20). The average Bonchev–Trinajstić information content (AvgIpc) is 3.11. The molecule has 0 aliphatic heterocycles. The van der Waals surface area contributed by atoms with Crippen molar-refractivity contribution in [3.63, 3.8) is 0 Å². The normalized spacial score (nSPS) is 10.7. The summed E-state index contributed by atoms with van der Waals surface area (Å²) in [6, 6.07) is 3.80. The molecule has 0 radical (unpaired) electrons. The molecule has 23 heavy (non-hydrogen) atoms. The number of amides is 1. The zero-order valence-corrected chi connectivity index (χ0v) is 15.1. The van der Waals surface area contributed by atoms with Crippen molar-refractivity contribution in [2.45, 2.75) is 31.8 Å². The zero-order valence-electron chi connectivity index (χ0n) is 13.5. The first-order valence-corrected chi connectivity index (χ1v) is 9.19. The number of nitrogens with zero attached hydrogens (tertiary/aromatic N) is 3. The van der Waals surface area contributed by atoms with Crippen LogP contribution in [-0.2, 0) is 24.7 Å². The molecule has 0 bridgehead atoms. The highest BCUT2D eigenvalue weighted by Gasteiger charge is 2.13. The number of carbonyl (C=O) groups is 2. The topological polar surface area (TPSA) is 76.9 Å². The molecule has 2 heterocycles. The first-order valence-electron chi connectivity index (χ1n) is 7.38. The number of hydrogen-bond acceptors (Lipinski definition) is 6. The van der Waals surface area contributed by atoms with Gasteiger partial charge < -0.3 is 9.88 Å². The van der Waals surface area contributed by atoms with Crippen LogP contribution in [0, 0.1) is 0 Å². The molecule has 0 saturated heterocycles. The summed E-state index contributed by atoms with van der Waals surface area (Å²) in [5.41, 5.74) is 0. The van der Waals surface area contributed by atoms with Gasteiger partial charge in [0.05, 0.1) is 10.6 Å². The van der Waals surface area contributed by atoms with Crippen molar-refractivity contribution in [3.8, 4) is 0 Å². The Morgan fingerprint density at radius 2 is 2.13 bits per heavy atom. The van der Waals surface area contributed by atoms with Gasteiger partial charge in [-0.1, -0.05) is 18.7 Å². The van der Waals surface area contributed by atoms with Crippen molar-refractivity contribution in [2.24, 2.45) is 7.05 Å². The highest BCUT2D eigenvalue weighted by molar-refractivity contribution is 7.99. The summed E-state index contributed by atoms with van der Waals surface area (Å²) in [6.07, 6.45) is 1.56. The van der Waals surface area contributed by atoms with E-state index in [1.165, 1.54) is 30.0 Å². The van der Waals surface area contributed by atoms with Crippen molar-refractivity contribution < 1.29 is 9.59 Å². The summed E-state index contributed by atoms with van der Waals surface area (Å²) in [7, 11) is 1.91. The predicted octanol–water partition coefficient (Wildman–Crippen LogP) is 2.09. The summed E-state index contributed by atoms with van der Waals surface area (Å²) >= 11 is 2.89. The maximum absolute atomic E-state index is 12.3. The number of aromatic nitrogens is 3. The smallest absolute Gasteiger partial charge is 0.216 e. The van der Waals surface area contributed by atoms with Crippen LogP contribution < -0.4 is 5.32 Å². The second kappa shape index (κ2) is 8.26. The fourth-order valence-electron chi connectivity index (χ4n) is 2.00. The molecular weight excluding hydrogens is 332 g/mol. The van der Waals surface area contributed by atoms with Crippen LogP contribution in [0.3, 0.4) is 0 Å². The largest absolute Gasteiger partial charge is 0.356 e. The van der Waals surface area contributed by atoms with Crippen LogP contribution in [-0.4, -0.2) is 38.8 Å². The molecule has 0 aliphatic carbocycles. The van der Waals surface area contributed by atoms with Gasteiger partial charge in [0.1, 0.15) is 5.82 Å². The summed E-state index contributed by atoms with van der Waals surface area (Å²) in [6.45, 7) is 4.12. The van der Waals surface area contributed by atoms with E-state index in [2.05, 4.69) is 15.5 Å². The van der Waals surface area contributed by atoms with E-state index >= 15 is 0 Å². The Bertz CT molecular complexity index is 693. The molecule has 1 N–H and O–H groups in total. The van der Waals surface area contributed by atoms with Crippen LogP contribution in [0.2, 0.25) is 0 Å². The molecule has 0 atom stereocenters. The number of aryl methyl sites for hydroxylation is 1. The molecule has 6 nitrogen and oxygen atoms in total. The number of thiophene rings is 1. The molecule has 0 saturated carbocycles. The third kappa shape index (κ3) is 4.90. The Morgan fingerprint density at radius 3 is 2.78 bits per heavy atom. The van der Waals surface area contributed by atoms with Crippen LogP contribution in [0.1, 0.15) is 34.2 Å².